The molecule has 1 aliphatic heterocycles. The van der Waals surface area contributed by atoms with Crippen molar-refractivity contribution in [2.45, 2.75) is 57.4 Å². The molecule has 3 nitrogen and oxygen atoms in total. The molecule has 1 N–H and O–H groups in total. The summed E-state index contributed by atoms with van der Waals surface area (Å²) in [6, 6.07) is 0. The normalized spacial score (nSPS) is 25.9. The fourth-order valence-electron chi connectivity index (χ4n) is 3.22. The van der Waals surface area contributed by atoms with Crippen molar-refractivity contribution in [1.82, 2.24) is 5.32 Å². The Hall–Kier alpha value is -0.280. The van der Waals surface area contributed by atoms with Gasteiger partial charge in [-0.25, -0.2) is 0 Å². The van der Waals surface area contributed by atoms with E-state index in [1.165, 1.54) is 12.8 Å². The number of carbonyl (C=O) groups excluding carboxylic acids is 1. The zero-order valence-corrected chi connectivity index (χ0v) is 12.0. The van der Waals surface area contributed by atoms with Crippen molar-refractivity contribution < 1.29 is 9.53 Å². The van der Waals surface area contributed by atoms with E-state index >= 15 is 0 Å². The van der Waals surface area contributed by atoms with Gasteiger partial charge in [0.25, 0.3) is 0 Å². The number of alkyl halides is 1. The lowest BCUT2D eigenvalue weighted by molar-refractivity contribution is -0.134. The topological polar surface area (TPSA) is 38.3 Å². The molecule has 0 aromatic heterocycles. The van der Waals surface area contributed by atoms with Crippen LogP contribution in [-0.4, -0.2) is 30.5 Å². The summed E-state index contributed by atoms with van der Waals surface area (Å²) in [7, 11) is 0. The van der Waals surface area contributed by atoms with Gasteiger partial charge in [0.15, 0.2) is 0 Å². The van der Waals surface area contributed by atoms with Gasteiger partial charge in [-0.15, -0.1) is 11.6 Å². The van der Waals surface area contributed by atoms with Crippen LogP contribution >= 0.6 is 11.6 Å². The van der Waals surface area contributed by atoms with Crippen LogP contribution in [0.5, 0.6) is 0 Å². The van der Waals surface area contributed by atoms with Crippen LogP contribution in [0.3, 0.4) is 0 Å². The van der Waals surface area contributed by atoms with E-state index in [1.807, 2.05) is 0 Å². The highest BCUT2D eigenvalue weighted by Gasteiger charge is 2.43. The molecule has 1 amide bonds. The van der Waals surface area contributed by atoms with Crippen molar-refractivity contribution in [2.24, 2.45) is 5.41 Å². The maximum Gasteiger partial charge on any atom is 0.226 e. The van der Waals surface area contributed by atoms with Gasteiger partial charge >= 0.3 is 0 Å². The molecule has 1 saturated heterocycles. The average Bonchev–Trinajstić information content (AvgIpc) is 2.90. The third-order valence-electron chi connectivity index (χ3n) is 4.80. The van der Waals surface area contributed by atoms with Crippen LogP contribution in [0.15, 0.2) is 0 Å². The molecule has 0 spiro atoms. The molecule has 2 fully saturated rings. The predicted molar refractivity (Wildman–Crippen MR) is 72.8 cm³/mol. The van der Waals surface area contributed by atoms with Gasteiger partial charge in [-0.1, -0.05) is 19.8 Å². The second kappa shape index (κ2) is 5.79. The van der Waals surface area contributed by atoms with Crippen molar-refractivity contribution in [1.29, 1.82) is 0 Å². The molecule has 2 rings (SSSR count). The molecule has 1 saturated carbocycles. The molecule has 18 heavy (non-hydrogen) atoms. The highest BCUT2D eigenvalue weighted by atomic mass is 35.5. The van der Waals surface area contributed by atoms with Gasteiger partial charge in [-0.2, -0.15) is 0 Å². The van der Waals surface area contributed by atoms with Crippen LogP contribution in [0.25, 0.3) is 0 Å². The molecular weight excluding hydrogens is 250 g/mol. The first-order chi connectivity index (χ1) is 8.66. The van der Waals surface area contributed by atoms with Crippen molar-refractivity contribution in [3.05, 3.63) is 0 Å². The lowest BCUT2D eigenvalue weighted by atomic mass is 9.80. The highest BCUT2D eigenvalue weighted by molar-refractivity contribution is 6.18. The Kier molecular flexibility index (Phi) is 4.54. The summed E-state index contributed by atoms with van der Waals surface area (Å²) in [6.07, 6.45) is 7.03. The Morgan fingerprint density at radius 2 is 1.83 bits per heavy atom. The van der Waals surface area contributed by atoms with Crippen LogP contribution in [0.2, 0.25) is 0 Å². The number of hydrogen-bond donors (Lipinski definition) is 1. The molecule has 0 aromatic rings. The number of halogens is 1. The molecule has 104 valence electrons. The predicted octanol–water partition coefficient (Wildman–Crippen LogP) is 2.86. The van der Waals surface area contributed by atoms with Crippen molar-refractivity contribution >= 4 is 17.5 Å². The van der Waals surface area contributed by atoms with Crippen LogP contribution < -0.4 is 5.32 Å². The third kappa shape index (κ3) is 2.67. The Morgan fingerprint density at radius 3 is 2.33 bits per heavy atom. The fourth-order valence-corrected chi connectivity index (χ4v) is 3.55. The Bertz CT molecular complexity index is 294. The van der Waals surface area contributed by atoms with Gasteiger partial charge in [0.2, 0.25) is 5.91 Å². The molecule has 0 unspecified atom stereocenters. The third-order valence-corrected chi connectivity index (χ3v) is 5.32. The van der Waals surface area contributed by atoms with Gasteiger partial charge in [-0.05, 0) is 32.1 Å². The minimum Gasteiger partial charge on any atom is -0.381 e. The zero-order chi connectivity index (χ0) is 13.1. The fraction of sp³-hybridized carbons (Fsp3) is 0.929. The molecular formula is C14H24ClNO2. The summed E-state index contributed by atoms with van der Waals surface area (Å²) in [5, 5.41) is 3.26. The molecule has 4 heteroatoms. The van der Waals surface area contributed by atoms with Crippen LogP contribution in [0.4, 0.5) is 0 Å². The smallest absolute Gasteiger partial charge is 0.226 e. The van der Waals surface area contributed by atoms with Gasteiger partial charge in [0, 0.05) is 24.5 Å². The van der Waals surface area contributed by atoms with Gasteiger partial charge < -0.3 is 10.1 Å². The van der Waals surface area contributed by atoms with E-state index in [9.17, 15) is 4.79 Å². The molecule has 0 atom stereocenters. The SMILES string of the molecule is CCC1(C(=O)NC2(CCl)CCOCC2)CCCC1. The van der Waals surface area contributed by atoms with E-state index in [0.717, 1.165) is 32.1 Å². The summed E-state index contributed by atoms with van der Waals surface area (Å²) >= 11 is 6.11. The van der Waals surface area contributed by atoms with E-state index < -0.39 is 0 Å². The van der Waals surface area contributed by atoms with E-state index in [-0.39, 0.29) is 16.9 Å². The number of ether oxygens (including phenoxy) is 1. The first kappa shape index (κ1) is 14.1. The minimum absolute atomic E-state index is 0.128. The Balaban J connectivity index is 2.04. The standard InChI is InChI=1S/C14H24ClNO2/c1-2-13(5-3-4-6-13)12(17)16-14(11-15)7-9-18-10-8-14/h2-11H2,1H3,(H,16,17). The van der Waals surface area contributed by atoms with Crippen LogP contribution in [0.1, 0.15) is 51.9 Å². The largest absolute Gasteiger partial charge is 0.381 e. The zero-order valence-electron chi connectivity index (χ0n) is 11.3. The molecule has 1 aliphatic carbocycles. The Labute approximate surface area is 115 Å². The second-order valence-corrected chi connectivity index (χ2v) is 6.09. The summed E-state index contributed by atoms with van der Waals surface area (Å²) < 4.78 is 5.38. The second-order valence-electron chi connectivity index (χ2n) is 5.82. The number of hydrogen-bond acceptors (Lipinski definition) is 2. The lowest BCUT2D eigenvalue weighted by Gasteiger charge is -2.39. The van der Waals surface area contributed by atoms with Gasteiger partial charge in [0.05, 0.1) is 5.54 Å². The minimum atomic E-state index is -0.234. The molecule has 1 heterocycles. The van der Waals surface area contributed by atoms with E-state index in [4.69, 9.17) is 16.3 Å². The van der Waals surface area contributed by atoms with Gasteiger partial charge in [0.1, 0.15) is 0 Å². The Morgan fingerprint density at radius 1 is 1.22 bits per heavy atom. The highest BCUT2D eigenvalue weighted by Crippen LogP contribution is 2.42. The maximum absolute atomic E-state index is 12.6. The molecule has 0 radical (unpaired) electrons. The van der Waals surface area contributed by atoms with E-state index in [1.54, 1.807) is 0 Å². The molecule has 0 bridgehead atoms. The quantitative estimate of drug-likeness (QED) is 0.800. The molecule has 0 aromatic carbocycles. The first-order valence-corrected chi connectivity index (χ1v) is 7.66. The monoisotopic (exact) mass is 273 g/mol. The lowest BCUT2D eigenvalue weighted by Crippen LogP contribution is -2.56. The number of nitrogens with one attached hydrogen (secondary N) is 1. The molecule has 2 aliphatic rings. The summed E-state index contributed by atoms with van der Waals surface area (Å²) in [6.45, 7) is 3.53. The van der Waals surface area contributed by atoms with Crippen LogP contribution in [-0.2, 0) is 9.53 Å². The van der Waals surface area contributed by atoms with Gasteiger partial charge in [-0.3, -0.25) is 4.79 Å². The van der Waals surface area contributed by atoms with Crippen molar-refractivity contribution in [3.63, 3.8) is 0 Å². The van der Waals surface area contributed by atoms with Crippen molar-refractivity contribution in [2.75, 3.05) is 19.1 Å². The summed E-state index contributed by atoms with van der Waals surface area (Å²) in [5.41, 5.74) is -0.362. The average molecular weight is 274 g/mol. The summed E-state index contributed by atoms with van der Waals surface area (Å²) in [4.78, 5) is 12.6. The number of rotatable bonds is 4. The van der Waals surface area contributed by atoms with Crippen molar-refractivity contribution in [3.8, 4) is 0 Å². The van der Waals surface area contributed by atoms with Crippen LogP contribution in [0, 0.1) is 5.41 Å². The number of amides is 1. The maximum atomic E-state index is 12.6. The summed E-state index contributed by atoms with van der Waals surface area (Å²) in [5.74, 6) is 0.715. The number of carbonyl (C=O) groups is 1. The van der Waals surface area contributed by atoms with E-state index in [2.05, 4.69) is 12.2 Å². The first-order valence-electron chi connectivity index (χ1n) is 7.13. The van der Waals surface area contributed by atoms with E-state index in [0.29, 0.717) is 19.1 Å².